The zero-order chi connectivity index (χ0) is 22.3. The van der Waals surface area contributed by atoms with E-state index in [2.05, 4.69) is 0 Å². The molecule has 0 saturated carbocycles. The van der Waals surface area contributed by atoms with Gasteiger partial charge in [0.15, 0.2) is 0 Å². The summed E-state index contributed by atoms with van der Waals surface area (Å²) in [6.45, 7) is -1.61. The minimum Gasteiger partial charge on any atom is -0.396 e. The number of nitrogens with zero attached hydrogens (tertiary/aromatic N) is 2. The van der Waals surface area contributed by atoms with E-state index in [1.807, 2.05) is 5.32 Å². The number of hydrogen-bond acceptors (Lipinski definition) is 4. The summed E-state index contributed by atoms with van der Waals surface area (Å²) in [4.78, 5) is 26.8. The molecule has 10 heteroatoms. The largest absolute Gasteiger partial charge is 0.405 e. The Kier molecular flexibility index (Phi) is 5.61. The second kappa shape index (κ2) is 8.08. The smallest absolute Gasteiger partial charge is 0.396 e. The number of carbonyl (C=O) groups is 1. The molecule has 4 rings (SSSR count). The molecule has 2 aromatic rings. The third kappa shape index (κ3) is 4.09. The average Bonchev–Trinajstić information content (AvgIpc) is 3.22. The van der Waals surface area contributed by atoms with Gasteiger partial charge in [-0.2, -0.15) is 13.2 Å². The molecule has 2 aliphatic rings. The molecule has 3 heterocycles. The van der Waals surface area contributed by atoms with E-state index in [9.17, 15) is 32.3 Å². The van der Waals surface area contributed by atoms with E-state index in [-0.39, 0.29) is 24.6 Å². The highest BCUT2D eigenvalue weighted by atomic mass is 19.4. The number of carbonyl (C=O) groups excluding carboxylic acids is 1. The van der Waals surface area contributed by atoms with Crippen LogP contribution in [0, 0.1) is 17.7 Å². The number of aliphatic hydroxyl groups excluding tert-OH is 1. The summed E-state index contributed by atoms with van der Waals surface area (Å²) in [5.74, 6) is -2.37. The monoisotopic (exact) mass is 439 g/mol. The number of benzene rings is 1. The predicted molar refractivity (Wildman–Crippen MR) is 102 cm³/mol. The van der Waals surface area contributed by atoms with Crippen LogP contribution in [-0.4, -0.2) is 45.9 Å². The molecule has 0 radical (unpaired) electrons. The maximum atomic E-state index is 13.7. The van der Waals surface area contributed by atoms with Crippen molar-refractivity contribution < 1.29 is 27.5 Å². The van der Waals surface area contributed by atoms with Gasteiger partial charge in [0.1, 0.15) is 12.4 Å². The van der Waals surface area contributed by atoms with Gasteiger partial charge in [0.2, 0.25) is 5.91 Å². The van der Waals surface area contributed by atoms with Crippen molar-refractivity contribution in [3.63, 3.8) is 0 Å². The number of rotatable bonds is 5. The van der Waals surface area contributed by atoms with Crippen LogP contribution in [0.25, 0.3) is 0 Å². The SMILES string of the molecule is O=C(NCC(F)(F)F)[C@@H]1[C@@H](CO)[C@@H]2Cn3c(cccc3=O)[C@@H]2N1Cc1cccc(F)c1. The number of amides is 1. The van der Waals surface area contributed by atoms with Gasteiger partial charge in [-0.1, -0.05) is 18.2 Å². The lowest BCUT2D eigenvalue weighted by atomic mass is 9.88. The van der Waals surface area contributed by atoms with Crippen LogP contribution in [0.4, 0.5) is 17.6 Å². The molecular weight excluding hydrogens is 418 g/mol. The van der Waals surface area contributed by atoms with Crippen LogP contribution in [0.2, 0.25) is 0 Å². The number of pyridine rings is 1. The van der Waals surface area contributed by atoms with Crippen LogP contribution >= 0.6 is 0 Å². The molecule has 6 nitrogen and oxygen atoms in total. The number of aliphatic hydroxyl groups is 1. The first-order chi connectivity index (χ1) is 14.7. The van der Waals surface area contributed by atoms with Crippen molar-refractivity contribution in [2.75, 3.05) is 13.2 Å². The van der Waals surface area contributed by atoms with Crippen molar-refractivity contribution in [2.45, 2.75) is 31.3 Å². The van der Waals surface area contributed by atoms with E-state index in [0.29, 0.717) is 11.3 Å². The standard InChI is InChI=1S/C21H21F4N3O3/c22-13-4-1-3-12(7-13)8-28-18-14(9-27-16(18)5-2-6-17(27)30)15(10-29)19(28)20(31)26-11-21(23,24)25/h1-7,14-15,18-19,29H,8-11H2,(H,26,31)/t14-,15-,18+,19-/m0/s1. The molecule has 1 saturated heterocycles. The van der Waals surface area contributed by atoms with Gasteiger partial charge >= 0.3 is 6.18 Å². The summed E-state index contributed by atoms with van der Waals surface area (Å²) in [6.07, 6.45) is -4.58. The lowest BCUT2D eigenvalue weighted by Gasteiger charge is -2.31. The molecule has 1 aromatic carbocycles. The normalized spacial score (nSPS) is 25.3. The molecule has 2 aliphatic heterocycles. The second-order valence-corrected chi connectivity index (χ2v) is 7.93. The molecule has 2 N–H and O–H groups in total. The van der Waals surface area contributed by atoms with Crippen molar-refractivity contribution in [3.8, 4) is 0 Å². The lowest BCUT2D eigenvalue weighted by Crippen LogP contribution is -2.49. The lowest BCUT2D eigenvalue weighted by molar-refractivity contribution is -0.142. The zero-order valence-corrected chi connectivity index (χ0v) is 16.3. The number of hydrogen-bond donors (Lipinski definition) is 2. The molecule has 1 amide bonds. The Morgan fingerprint density at radius 3 is 2.61 bits per heavy atom. The van der Waals surface area contributed by atoms with Gasteiger partial charge < -0.3 is 15.0 Å². The van der Waals surface area contributed by atoms with Gasteiger partial charge in [-0.05, 0) is 23.8 Å². The highest BCUT2D eigenvalue weighted by Gasteiger charge is 2.55. The van der Waals surface area contributed by atoms with Gasteiger partial charge in [0.05, 0.1) is 12.1 Å². The van der Waals surface area contributed by atoms with Crippen molar-refractivity contribution in [2.24, 2.45) is 11.8 Å². The van der Waals surface area contributed by atoms with E-state index in [4.69, 9.17) is 0 Å². The summed E-state index contributed by atoms with van der Waals surface area (Å²) < 4.78 is 53.4. The number of alkyl halides is 3. The molecule has 4 atom stereocenters. The fraction of sp³-hybridized carbons (Fsp3) is 0.429. The Bertz CT molecular complexity index is 1040. The first kappa shape index (κ1) is 21.5. The Hall–Kier alpha value is -2.72. The molecule has 31 heavy (non-hydrogen) atoms. The minimum atomic E-state index is -4.58. The summed E-state index contributed by atoms with van der Waals surface area (Å²) in [5.41, 5.74) is 0.925. The Balaban J connectivity index is 1.73. The first-order valence-corrected chi connectivity index (χ1v) is 9.85. The number of aromatic nitrogens is 1. The highest BCUT2D eigenvalue weighted by molar-refractivity contribution is 5.82. The van der Waals surface area contributed by atoms with Gasteiger partial charge in [0.25, 0.3) is 5.56 Å². The molecule has 166 valence electrons. The number of likely N-dealkylation sites (tertiary alicyclic amines) is 1. The minimum absolute atomic E-state index is 0.0720. The molecule has 0 unspecified atom stereocenters. The quantitative estimate of drug-likeness (QED) is 0.698. The fourth-order valence-corrected chi connectivity index (χ4v) is 4.87. The molecule has 0 spiro atoms. The summed E-state index contributed by atoms with van der Waals surface area (Å²) >= 11 is 0. The highest BCUT2D eigenvalue weighted by Crippen LogP contribution is 2.49. The average molecular weight is 439 g/mol. The second-order valence-electron chi connectivity index (χ2n) is 7.93. The Morgan fingerprint density at radius 2 is 1.94 bits per heavy atom. The van der Waals surface area contributed by atoms with Gasteiger partial charge in [-0.3, -0.25) is 14.5 Å². The van der Waals surface area contributed by atoms with Gasteiger partial charge in [-0.15, -0.1) is 0 Å². The van der Waals surface area contributed by atoms with Crippen molar-refractivity contribution in [3.05, 3.63) is 69.9 Å². The molecule has 1 fully saturated rings. The topological polar surface area (TPSA) is 74.6 Å². The Morgan fingerprint density at radius 1 is 1.19 bits per heavy atom. The van der Waals surface area contributed by atoms with Crippen molar-refractivity contribution >= 4 is 5.91 Å². The fourth-order valence-electron chi connectivity index (χ4n) is 4.87. The van der Waals surface area contributed by atoms with E-state index in [1.165, 1.54) is 24.3 Å². The molecule has 0 aliphatic carbocycles. The summed E-state index contributed by atoms with van der Waals surface area (Å²) in [6, 6.07) is 8.91. The van der Waals surface area contributed by atoms with E-state index in [0.717, 1.165) is 0 Å². The number of nitrogens with one attached hydrogen (secondary N) is 1. The molecular formula is C21H21F4N3O3. The molecule has 0 bridgehead atoms. The van der Waals surface area contributed by atoms with E-state index < -0.39 is 49.1 Å². The van der Waals surface area contributed by atoms with Crippen molar-refractivity contribution in [1.82, 2.24) is 14.8 Å². The van der Waals surface area contributed by atoms with Gasteiger partial charge in [-0.25, -0.2) is 4.39 Å². The van der Waals surface area contributed by atoms with E-state index in [1.54, 1.807) is 27.7 Å². The van der Waals surface area contributed by atoms with Crippen LogP contribution in [0.15, 0.2) is 47.3 Å². The maximum absolute atomic E-state index is 13.7. The van der Waals surface area contributed by atoms with Crippen LogP contribution in [-0.2, 0) is 17.9 Å². The van der Waals surface area contributed by atoms with Gasteiger partial charge in [0, 0.05) is 43.3 Å². The van der Waals surface area contributed by atoms with Crippen molar-refractivity contribution in [1.29, 1.82) is 0 Å². The third-order valence-electron chi connectivity index (χ3n) is 6.05. The van der Waals surface area contributed by atoms with Crippen LogP contribution in [0.1, 0.15) is 17.3 Å². The zero-order valence-electron chi connectivity index (χ0n) is 16.3. The summed E-state index contributed by atoms with van der Waals surface area (Å²) in [5, 5.41) is 12.0. The maximum Gasteiger partial charge on any atom is 0.405 e. The van der Waals surface area contributed by atoms with Crippen LogP contribution in [0.5, 0.6) is 0 Å². The first-order valence-electron chi connectivity index (χ1n) is 9.85. The van der Waals surface area contributed by atoms with Crippen LogP contribution < -0.4 is 10.9 Å². The third-order valence-corrected chi connectivity index (χ3v) is 6.05. The van der Waals surface area contributed by atoms with Crippen LogP contribution in [0.3, 0.4) is 0 Å². The van der Waals surface area contributed by atoms with E-state index >= 15 is 0 Å². The summed E-state index contributed by atoms with van der Waals surface area (Å²) in [7, 11) is 0. The predicted octanol–water partition coefficient (Wildman–Crippen LogP) is 1.83. The number of halogens is 4. The number of fused-ring (bicyclic) bond motifs is 3. The molecule has 1 aromatic heterocycles. The Labute approximate surface area is 175 Å².